The van der Waals surface area contributed by atoms with Gasteiger partial charge in [0.15, 0.2) is 0 Å². The summed E-state index contributed by atoms with van der Waals surface area (Å²) in [6, 6.07) is -0.144. The van der Waals surface area contributed by atoms with Crippen molar-refractivity contribution in [1.82, 2.24) is 20.1 Å². The molecule has 0 saturated heterocycles. The van der Waals surface area contributed by atoms with Crippen LogP contribution in [0.25, 0.3) is 0 Å². The van der Waals surface area contributed by atoms with Crippen molar-refractivity contribution in [3.8, 4) is 0 Å². The number of nitrogens with two attached hydrogens (primary N) is 1. The first-order valence-corrected chi connectivity index (χ1v) is 7.86. The van der Waals surface area contributed by atoms with Gasteiger partial charge in [0.25, 0.3) is 0 Å². The van der Waals surface area contributed by atoms with Gasteiger partial charge in [-0.05, 0) is 35.4 Å². The summed E-state index contributed by atoms with van der Waals surface area (Å²) in [6.45, 7) is 8.12. The molecule has 0 amide bonds. The van der Waals surface area contributed by atoms with E-state index in [4.69, 9.17) is 10.6 Å². The van der Waals surface area contributed by atoms with Gasteiger partial charge in [0.2, 0.25) is 0 Å². The second kappa shape index (κ2) is 7.69. The molecule has 3 N–H and O–H groups in total. The Hall–Kier alpha value is -0.470. The summed E-state index contributed by atoms with van der Waals surface area (Å²) in [5.41, 5.74) is 3.86. The SMILES string of the molecule is COC(C(NN)c1c(Br)cnn1CCN(C)C)C(C)(C)C. The van der Waals surface area contributed by atoms with Crippen LogP contribution in [-0.2, 0) is 11.3 Å². The van der Waals surface area contributed by atoms with Crippen molar-refractivity contribution >= 4 is 15.9 Å². The minimum atomic E-state index is -0.144. The lowest BCUT2D eigenvalue weighted by molar-refractivity contribution is -0.0143. The van der Waals surface area contributed by atoms with E-state index in [-0.39, 0.29) is 17.6 Å². The van der Waals surface area contributed by atoms with Crippen molar-refractivity contribution < 1.29 is 4.74 Å². The van der Waals surface area contributed by atoms with E-state index in [0.717, 1.165) is 23.3 Å². The minimum absolute atomic E-state index is 0.0537. The van der Waals surface area contributed by atoms with Crippen molar-refractivity contribution in [2.75, 3.05) is 27.7 Å². The van der Waals surface area contributed by atoms with Crippen LogP contribution < -0.4 is 11.3 Å². The lowest BCUT2D eigenvalue weighted by Gasteiger charge is -2.36. The number of nitrogens with zero attached hydrogens (tertiary/aromatic N) is 3. The minimum Gasteiger partial charge on any atom is -0.379 e. The average Bonchev–Trinajstić information content (AvgIpc) is 2.73. The number of likely N-dealkylation sites (N-methyl/N-ethyl adjacent to an activating group) is 1. The standard InChI is InChI=1S/C14H28BrN5O/c1-14(2,3)13(21-6)11(18-16)12-10(15)9-17-20(12)8-7-19(4)5/h9,11,13,18H,7-8,16H2,1-6H3. The van der Waals surface area contributed by atoms with E-state index in [1.165, 1.54) is 0 Å². The van der Waals surface area contributed by atoms with Crippen molar-refractivity contribution in [1.29, 1.82) is 0 Å². The van der Waals surface area contributed by atoms with Gasteiger partial charge in [0, 0.05) is 13.7 Å². The third-order valence-electron chi connectivity index (χ3n) is 3.48. The molecule has 2 atom stereocenters. The molecule has 1 heterocycles. The maximum Gasteiger partial charge on any atom is 0.0906 e. The van der Waals surface area contributed by atoms with Crippen LogP contribution in [-0.4, -0.2) is 48.5 Å². The third kappa shape index (κ3) is 4.75. The molecule has 0 fully saturated rings. The molecule has 0 radical (unpaired) electrons. The second-order valence-electron chi connectivity index (χ2n) is 6.57. The molecule has 0 aliphatic rings. The van der Waals surface area contributed by atoms with Crippen molar-refractivity contribution in [2.45, 2.75) is 39.5 Å². The van der Waals surface area contributed by atoms with Gasteiger partial charge < -0.3 is 9.64 Å². The van der Waals surface area contributed by atoms with E-state index in [1.807, 2.05) is 25.0 Å². The number of halogens is 1. The Morgan fingerprint density at radius 1 is 1.48 bits per heavy atom. The highest BCUT2D eigenvalue weighted by molar-refractivity contribution is 9.10. The Kier molecular flexibility index (Phi) is 6.80. The third-order valence-corrected chi connectivity index (χ3v) is 4.09. The van der Waals surface area contributed by atoms with E-state index in [9.17, 15) is 0 Å². The molecule has 6 nitrogen and oxygen atoms in total. The Labute approximate surface area is 136 Å². The van der Waals surface area contributed by atoms with Crippen molar-refractivity contribution in [3.05, 3.63) is 16.4 Å². The number of nitrogens with one attached hydrogen (secondary N) is 1. The monoisotopic (exact) mass is 361 g/mol. The van der Waals surface area contributed by atoms with Gasteiger partial charge in [-0.1, -0.05) is 20.8 Å². The molecule has 1 aromatic heterocycles. The Balaban J connectivity index is 3.12. The second-order valence-corrected chi connectivity index (χ2v) is 7.43. The van der Waals surface area contributed by atoms with Crippen molar-refractivity contribution in [3.63, 3.8) is 0 Å². The summed E-state index contributed by atoms with van der Waals surface area (Å²) < 4.78 is 8.63. The maximum atomic E-state index is 5.83. The molecule has 0 aromatic carbocycles. The molecule has 21 heavy (non-hydrogen) atoms. The largest absolute Gasteiger partial charge is 0.379 e. The molecule has 122 valence electrons. The summed E-state index contributed by atoms with van der Waals surface area (Å²) in [5, 5.41) is 4.45. The fourth-order valence-corrected chi connectivity index (χ4v) is 3.00. The first-order chi connectivity index (χ1) is 9.72. The number of rotatable bonds is 7. The number of hydrogen-bond donors (Lipinski definition) is 2. The normalized spacial score (nSPS) is 15.5. The lowest BCUT2D eigenvalue weighted by Crippen LogP contribution is -2.45. The summed E-state index contributed by atoms with van der Waals surface area (Å²) in [5.74, 6) is 5.83. The zero-order valence-electron chi connectivity index (χ0n) is 13.9. The molecule has 2 unspecified atom stereocenters. The fourth-order valence-electron chi connectivity index (χ4n) is 2.45. The zero-order valence-corrected chi connectivity index (χ0v) is 15.4. The highest BCUT2D eigenvalue weighted by Crippen LogP contribution is 2.34. The van der Waals surface area contributed by atoms with Gasteiger partial charge in [0.05, 0.1) is 35.1 Å². The summed E-state index contributed by atoms with van der Waals surface area (Å²) in [6.07, 6.45) is 1.73. The number of hydrogen-bond acceptors (Lipinski definition) is 5. The van der Waals surface area contributed by atoms with Crippen LogP contribution in [0.2, 0.25) is 0 Å². The van der Waals surface area contributed by atoms with Gasteiger partial charge in [-0.15, -0.1) is 0 Å². The average molecular weight is 362 g/mol. The predicted molar refractivity (Wildman–Crippen MR) is 88.8 cm³/mol. The molecule has 0 aliphatic heterocycles. The van der Waals surface area contributed by atoms with E-state index >= 15 is 0 Å². The van der Waals surface area contributed by atoms with Crippen LogP contribution in [0.3, 0.4) is 0 Å². The lowest BCUT2D eigenvalue weighted by atomic mass is 9.83. The van der Waals surface area contributed by atoms with E-state index in [1.54, 1.807) is 7.11 Å². The molecule has 1 rings (SSSR count). The van der Waals surface area contributed by atoms with Crippen LogP contribution in [0, 0.1) is 5.41 Å². The molecule has 0 bridgehead atoms. The van der Waals surface area contributed by atoms with Crippen molar-refractivity contribution in [2.24, 2.45) is 11.3 Å². The molecule has 7 heteroatoms. The summed E-state index contributed by atoms with van der Waals surface area (Å²) in [4.78, 5) is 2.13. The van der Waals surface area contributed by atoms with Crippen LogP contribution in [0.5, 0.6) is 0 Å². The maximum absolute atomic E-state index is 5.83. The number of aromatic nitrogens is 2. The fraction of sp³-hybridized carbons (Fsp3) is 0.786. The molecule has 0 spiro atoms. The highest BCUT2D eigenvalue weighted by Gasteiger charge is 2.35. The number of methoxy groups -OCH3 is 1. The topological polar surface area (TPSA) is 68.3 Å². The summed E-state index contributed by atoms with van der Waals surface area (Å²) >= 11 is 3.58. The molecular weight excluding hydrogens is 334 g/mol. The van der Waals surface area contributed by atoms with Crippen LogP contribution >= 0.6 is 15.9 Å². The van der Waals surface area contributed by atoms with Gasteiger partial charge in [0.1, 0.15) is 0 Å². The predicted octanol–water partition coefficient (Wildman–Crippen LogP) is 1.77. The van der Waals surface area contributed by atoms with Crippen LogP contribution in [0.1, 0.15) is 32.5 Å². The zero-order chi connectivity index (χ0) is 16.2. The molecule has 0 aliphatic carbocycles. The van der Waals surface area contributed by atoms with Gasteiger partial charge in [-0.25, -0.2) is 5.43 Å². The number of ether oxygens (including phenoxy) is 1. The first kappa shape index (κ1) is 18.6. The van der Waals surface area contributed by atoms with Gasteiger partial charge in [-0.3, -0.25) is 10.5 Å². The Morgan fingerprint density at radius 3 is 2.52 bits per heavy atom. The molecule has 1 aromatic rings. The highest BCUT2D eigenvalue weighted by atomic mass is 79.9. The van der Waals surface area contributed by atoms with E-state index < -0.39 is 0 Å². The quantitative estimate of drug-likeness (QED) is 0.572. The van der Waals surface area contributed by atoms with Gasteiger partial charge in [-0.2, -0.15) is 5.10 Å². The summed E-state index contributed by atoms with van der Waals surface area (Å²) in [7, 11) is 5.81. The Morgan fingerprint density at radius 2 is 2.10 bits per heavy atom. The smallest absolute Gasteiger partial charge is 0.0906 e. The molecular formula is C14H28BrN5O. The Bertz CT molecular complexity index is 441. The van der Waals surface area contributed by atoms with E-state index in [2.05, 4.69) is 52.1 Å². The van der Waals surface area contributed by atoms with E-state index in [0.29, 0.717) is 0 Å². The van der Waals surface area contributed by atoms with Gasteiger partial charge >= 0.3 is 0 Å². The van der Waals surface area contributed by atoms with Crippen LogP contribution in [0.4, 0.5) is 0 Å². The van der Waals surface area contributed by atoms with Crippen LogP contribution in [0.15, 0.2) is 10.7 Å². The molecule has 0 saturated carbocycles. The number of hydrazine groups is 1. The first-order valence-electron chi connectivity index (χ1n) is 7.07.